The van der Waals surface area contributed by atoms with Crippen molar-refractivity contribution in [2.24, 2.45) is 0 Å². The maximum absolute atomic E-state index is 11.0. The van der Waals surface area contributed by atoms with E-state index in [4.69, 9.17) is 22.1 Å². The third-order valence-corrected chi connectivity index (χ3v) is 2.89. The quantitative estimate of drug-likeness (QED) is 0.689. The van der Waals surface area contributed by atoms with Gasteiger partial charge in [-0.3, -0.25) is 10.1 Å². The Labute approximate surface area is 119 Å². The van der Waals surface area contributed by atoms with E-state index in [0.29, 0.717) is 11.4 Å². The molecule has 8 heteroatoms. The summed E-state index contributed by atoms with van der Waals surface area (Å²) in [5.41, 5.74) is 5.96. The maximum atomic E-state index is 11.0. The fourth-order valence-electron chi connectivity index (χ4n) is 1.56. The van der Waals surface area contributed by atoms with Crippen molar-refractivity contribution in [1.29, 1.82) is 0 Å². The highest BCUT2D eigenvalue weighted by Crippen LogP contribution is 2.38. The first-order valence-electron chi connectivity index (χ1n) is 5.61. The second-order valence-electron chi connectivity index (χ2n) is 4.03. The lowest BCUT2D eigenvalue weighted by Crippen LogP contribution is -2.03. The molecule has 0 radical (unpaired) electrons. The third-order valence-electron chi connectivity index (χ3n) is 2.59. The predicted molar refractivity (Wildman–Crippen MR) is 74.1 cm³/mol. The number of nitro groups is 1. The fourth-order valence-corrected chi connectivity index (χ4v) is 1.77. The Morgan fingerprint density at radius 1 is 1.35 bits per heavy atom. The highest BCUT2D eigenvalue weighted by atomic mass is 35.5. The van der Waals surface area contributed by atoms with Gasteiger partial charge < -0.3 is 10.5 Å². The molecule has 0 atom stereocenters. The molecule has 0 saturated heterocycles. The Kier molecular flexibility index (Phi) is 3.71. The smallest absolute Gasteiger partial charge is 0.313 e. The van der Waals surface area contributed by atoms with Crippen molar-refractivity contribution < 1.29 is 9.66 Å². The number of aromatic nitrogens is 2. The van der Waals surface area contributed by atoms with E-state index >= 15 is 0 Å². The first-order valence-corrected chi connectivity index (χ1v) is 5.99. The summed E-state index contributed by atoms with van der Waals surface area (Å²) in [5, 5.41) is 11.1. The van der Waals surface area contributed by atoms with E-state index in [-0.39, 0.29) is 28.2 Å². The van der Waals surface area contributed by atoms with Crippen molar-refractivity contribution >= 4 is 23.1 Å². The van der Waals surface area contributed by atoms with Crippen LogP contribution in [0.1, 0.15) is 11.4 Å². The van der Waals surface area contributed by atoms with Gasteiger partial charge in [0.1, 0.15) is 11.6 Å². The van der Waals surface area contributed by atoms with Crippen molar-refractivity contribution in [3.8, 4) is 11.6 Å². The van der Waals surface area contributed by atoms with Crippen LogP contribution in [0.2, 0.25) is 5.02 Å². The van der Waals surface area contributed by atoms with Crippen LogP contribution in [0.3, 0.4) is 0 Å². The van der Waals surface area contributed by atoms with Crippen LogP contribution in [0.15, 0.2) is 18.2 Å². The molecule has 0 amide bonds. The van der Waals surface area contributed by atoms with Gasteiger partial charge in [0.15, 0.2) is 0 Å². The summed E-state index contributed by atoms with van der Waals surface area (Å²) in [4.78, 5) is 18.5. The molecule has 1 aromatic carbocycles. The Morgan fingerprint density at radius 3 is 2.70 bits per heavy atom. The van der Waals surface area contributed by atoms with Crippen LogP contribution in [0, 0.1) is 24.0 Å². The number of nitro benzene ring substituents is 1. The number of halogens is 1. The normalized spacial score (nSPS) is 10.3. The van der Waals surface area contributed by atoms with Gasteiger partial charge in [-0.1, -0.05) is 17.7 Å². The Hall–Kier alpha value is -2.41. The largest absolute Gasteiger partial charge is 0.430 e. The fraction of sp³-hybridized carbons (Fsp3) is 0.167. The number of hydrogen-bond acceptors (Lipinski definition) is 6. The van der Waals surface area contributed by atoms with Gasteiger partial charge in [-0.05, 0) is 19.9 Å². The van der Waals surface area contributed by atoms with Crippen molar-refractivity contribution in [1.82, 2.24) is 9.97 Å². The van der Waals surface area contributed by atoms with Gasteiger partial charge >= 0.3 is 5.69 Å². The number of rotatable bonds is 3. The molecule has 0 aliphatic carbocycles. The van der Waals surface area contributed by atoms with Gasteiger partial charge in [-0.15, -0.1) is 0 Å². The number of nitrogens with two attached hydrogens (primary N) is 1. The molecule has 0 aliphatic heterocycles. The predicted octanol–water partition coefficient (Wildman–Crippen LogP) is 3.03. The molecule has 0 aliphatic rings. The van der Waals surface area contributed by atoms with E-state index in [9.17, 15) is 10.1 Å². The lowest BCUT2D eigenvalue weighted by Gasteiger charge is -2.11. The molecular formula is C12H11ClN4O3. The van der Waals surface area contributed by atoms with Crippen LogP contribution < -0.4 is 10.5 Å². The summed E-state index contributed by atoms with van der Waals surface area (Å²) >= 11 is 5.95. The summed E-state index contributed by atoms with van der Waals surface area (Å²) in [6.45, 7) is 3.30. The summed E-state index contributed by atoms with van der Waals surface area (Å²) in [7, 11) is 0. The number of aryl methyl sites for hydroxylation is 1. The van der Waals surface area contributed by atoms with Gasteiger partial charge in [0, 0.05) is 6.07 Å². The third kappa shape index (κ3) is 2.62. The standard InChI is InChI=1S/C12H11ClN4O3/c1-6-11(14)15-7(2)16-12(6)20-10-8(13)4-3-5-9(10)17(18)19/h3-5H,1-2H3,(H2,14,15,16). The Balaban J connectivity index is 2.53. The van der Waals surface area contributed by atoms with E-state index < -0.39 is 4.92 Å². The molecular weight excluding hydrogens is 284 g/mol. The molecule has 0 bridgehead atoms. The molecule has 0 fully saturated rings. The summed E-state index contributed by atoms with van der Waals surface area (Å²) < 4.78 is 5.49. The van der Waals surface area contributed by atoms with Gasteiger partial charge in [0.25, 0.3) is 0 Å². The molecule has 104 valence electrons. The number of ether oxygens (including phenoxy) is 1. The Bertz CT molecular complexity index is 691. The van der Waals surface area contributed by atoms with Gasteiger partial charge in [-0.25, -0.2) is 4.98 Å². The summed E-state index contributed by atoms with van der Waals surface area (Å²) in [5.74, 6) is 0.728. The van der Waals surface area contributed by atoms with Crippen molar-refractivity contribution in [3.05, 3.63) is 44.7 Å². The first kappa shape index (κ1) is 14.0. The van der Waals surface area contributed by atoms with E-state index in [0.717, 1.165) is 0 Å². The lowest BCUT2D eigenvalue weighted by molar-refractivity contribution is -0.385. The monoisotopic (exact) mass is 294 g/mol. The van der Waals surface area contributed by atoms with Crippen LogP contribution >= 0.6 is 11.6 Å². The second kappa shape index (κ2) is 5.30. The number of hydrogen-bond donors (Lipinski definition) is 1. The van der Waals surface area contributed by atoms with E-state index in [1.165, 1.54) is 18.2 Å². The lowest BCUT2D eigenvalue weighted by atomic mass is 10.3. The minimum Gasteiger partial charge on any atom is -0.430 e. The van der Waals surface area contributed by atoms with Crippen LogP contribution in [-0.2, 0) is 0 Å². The highest BCUT2D eigenvalue weighted by molar-refractivity contribution is 6.32. The van der Waals surface area contributed by atoms with E-state index in [1.807, 2.05) is 0 Å². The van der Waals surface area contributed by atoms with Crippen molar-refractivity contribution in [2.75, 3.05) is 5.73 Å². The molecule has 0 saturated carbocycles. The van der Waals surface area contributed by atoms with Crippen LogP contribution in [0.5, 0.6) is 11.6 Å². The zero-order chi connectivity index (χ0) is 14.9. The average Bonchev–Trinajstić information content (AvgIpc) is 2.37. The molecule has 2 N–H and O–H groups in total. The molecule has 20 heavy (non-hydrogen) atoms. The van der Waals surface area contributed by atoms with Gasteiger partial charge in [0.05, 0.1) is 15.5 Å². The molecule has 0 spiro atoms. The van der Waals surface area contributed by atoms with Crippen molar-refractivity contribution in [2.45, 2.75) is 13.8 Å². The molecule has 2 rings (SSSR count). The van der Waals surface area contributed by atoms with Crippen LogP contribution in [-0.4, -0.2) is 14.9 Å². The summed E-state index contributed by atoms with van der Waals surface area (Å²) in [6, 6.07) is 4.27. The maximum Gasteiger partial charge on any atom is 0.313 e. The molecule has 7 nitrogen and oxygen atoms in total. The number of benzene rings is 1. The van der Waals surface area contributed by atoms with Gasteiger partial charge in [-0.2, -0.15) is 4.98 Å². The molecule has 1 heterocycles. The second-order valence-corrected chi connectivity index (χ2v) is 4.44. The molecule has 1 aromatic heterocycles. The highest BCUT2D eigenvalue weighted by Gasteiger charge is 2.21. The first-order chi connectivity index (χ1) is 9.40. The molecule has 0 unspecified atom stereocenters. The average molecular weight is 295 g/mol. The number of anilines is 1. The minimum atomic E-state index is -0.575. The molecule has 2 aromatic rings. The zero-order valence-electron chi connectivity index (χ0n) is 10.8. The number of nitrogens with zero attached hydrogens (tertiary/aromatic N) is 3. The Morgan fingerprint density at radius 2 is 2.05 bits per heavy atom. The minimum absolute atomic E-state index is 0.0697. The zero-order valence-corrected chi connectivity index (χ0v) is 11.5. The van der Waals surface area contributed by atoms with Crippen molar-refractivity contribution in [3.63, 3.8) is 0 Å². The number of para-hydroxylation sites is 1. The SMILES string of the molecule is Cc1nc(N)c(C)c(Oc2c(Cl)cccc2[N+](=O)[O-])n1. The van der Waals surface area contributed by atoms with Gasteiger partial charge in [0.2, 0.25) is 11.6 Å². The van der Waals surface area contributed by atoms with Crippen LogP contribution in [0.25, 0.3) is 0 Å². The van der Waals surface area contributed by atoms with E-state index in [1.54, 1.807) is 13.8 Å². The summed E-state index contributed by atoms with van der Waals surface area (Å²) in [6.07, 6.45) is 0. The topological polar surface area (TPSA) is 104 Å². The van der Waals surface area contributed by atoms with E-state index in [2.05, 4.69) is 9.97 Å². The van der Waals surface area contributed by atoms with Crippen LogP contribution in [0.4, 0.5) is 11.5 Å². The number of nitrogen functional groups attached to an aromatic ring is 1.